The molecule has 0 radical (unpaired) electrons. The van der Waals surface area contributed by atoms with Crippen LogP contribution in [0.15, 0.2) is 59.0 Å². The third-order valence-electron chi connectivity index (χ3n) is 3.49. The number of rotatable bonds is 7. The van der Waals surface area contributed by atoms with Crippen LogP contribution in [0.1, 0.15) is 29.6 Å². The number of benzene rings is 2. The SMILES string of the molecule is CCCOC(=O)c1ccc(NCc2nnc(-c3ccccc3)o2)cc1. The Kier molecular flexibility index (Phi) is 5.41. The Balaban J connectivity index is 1.57. The van der Waals surface area contributed by atoms with Gasteiger partial charge in [-0.05, 0) is 42.8 Å². The Labute approximate surface area is 145 Å². The van der Waals surface area contributed by atoms with Crippen molar-refractivity contribution in [1.82, 2.24) is 10.2 Å². The quantitative estimate of drug-likeness (QED) is 0.659. The van der Waals surface area contributed by atoms with Crippen molar-refractivity contribution in [2.75, 3.05) is 11.9 Å². The fourth-order valence-corrected chi connectivity index (χ4v) is 2.20. The van der Waals surface area contributed by atoms with Gasteiger partial charge in [-0.15, -0.1) is 10.2 Å². The normalized spacial score (nSPS) is 10.4. The number of hydrogen-bond donors (Lipinski definition) is 1. The van der Waals surface area contributed by atoms with E-state index in [-0.39, 0.29) is 5.97 Å². The number of carbonyl (C=O) groups excluding carboxylic acids is 1. The van der Waals surface area contributed by atoms with E-state index in [0.29, 0.717) is 30.5 Å². The summed E-state index contributed by atoms with van der Waals surface area (Å²) in [5.74, 6) is 0.675. The van der Waals surface area contributed by atoms with Gasteiger partial charge in [0.2, 0.25) is 11.8 Å². The van der Waals surface area contributed by atoms with E-state index in [2.05, 4.69) is 15.5 Å². The summed E-state index contributed by atoms with van der Waals surface area (Å²) in [6, 6.07) is 16.7. The first-order valence-electron chi connectivity index (χ1n) is 8.15. The molecule has 0 amide bonds. The van der Waals surface area contributed by atoms with Gasteiger partial charge in [0.05, 0.1) is 18.7 Å². The second-order valence-electron chi connectivity index (χ2n) is 5.43. The van der Waals surface area contributed by atoms with Gasteiger partial charge < -0.3 is 14.5 Å². The monoisotopic (exact) mass is 337 g/mol. The average Bonchev–Trinajstić information content (AvgIpc) is 3.14. The van der Waals surface area contributed by atoms with Gasteiger partial charge in [-0.25, -0.2) is 4.79 Å². The summed E-state index contributed by atoms with van der Waals surface area (Å²) in [7, 11) is 0. The molecule has 2 aromatic carbocycles. The Bertz CT molecular complexity index is 813. The number of nitrogens with one attached hydrogen (secondary N) is 1. The van der Waals surface area contributed by atoms with Crippen molar-refractivity contribution in [3.63, 3.8) is 0 Å². The largest absolute Gasteiger partial charge is 0.462 e. The molecule has 3 rings (SSSR count). The zero-order chi connectivity index (χ0) is 17.5. The standard InChI is InChI=1S/C19H19N3O3/c1-2-12-24-19(23)15-8-10-16(11-9-15)20-13-17-21-22-18(25-17)14-6-4-3-5-7-14/h3-11,20H,2,12-13H2,1H3. The van der Waals surface area contributed by atoms with Gasteiger partial charge in [-0.1, -0.05) is 25.1 Å². The highest BCUT2D eigenvalue weighted by molar-refractivity contribution is 5.89. The molecule has 0 bridgehead atoms. The molecule has 128 valence electrons. The molecule has 1 aromatic heterocycles. The predicted octanol–water partition coefficient (Wildman–Crippen LogP) is 3.92. The first kappa shape index (κ1) is 16.7. The van der Waals surface area contributed by atoms with Crippen molar-refractivity contribution in [3.05, 3.63) is 66.1 Å². The maximum Gasteiger partial charge on any atom is 0.338 e. The predicted molar refractivity (Wildman–Crippen MR) is 94.1 cm³/mol. The van der Waals surface area contributed by atoms with Gasteiger partial charge in [-0.3, -0.25) is 0 Å². The summed E-state index contributed by atoms with van der Waals surface area (Å²) >= 11 is 0. The number of anilines is 1. The van der Waals surface area contributed by atoms with Gasteiger partial charge in [0.1, 0.15) is 0 Å². The third kappa shape index (κ3) is 4.44. The highest BCUT2D eigenvalue weighted by Gasteiger charge is 2.09. The van der Waals surface area contributed by atoms with Crippen LogP contribution in [0.25, 0.3) is 11.5 Å². The van der Waals surface area contributed by atoms with E-state index in [1.54, 1.807) is 12.1 Å². The van der Waals surface area contributed by atoms with E-state index >= 15 is 0 Å². The van der Waals surface area contributed by atoms with E-state index in [1.807, 2.05) is 49.4 Å². The topological polar surface area (TPSA) is 77.2 Å². The summed E-state index contributed by atoms with van der Waals surface area (Å²) in [6.07, 6.45) is 0.806. The van der Waals surface area contributed by atoms with Crippen LogP contribution in [0.4, 0.5) is 5.69 Å². The number of ether oxygens (including phenoxy) is 1. The molecule has 25 heavy (non-hydrogen) atoms. The Morgan fingerprint density at radius 2 is 1.84 bits per heavy atom. The number of carbonyl (C=O) groups is 1. The maximum atomic E-state index is 11.8. The van der Waals surface area contributed by atoms with Crippen LogP contribution in [0, 0.1) is 0 Å². The van der Waals surface area contributed by atoms with Crippen LogP contribution >= 0.6 is 0 Å². The Morgan fingerprint density at radius 1 is 1.08 bits per heavy atom. The first-order chi connectivity index (χ1) is 12.3. The lowest BCUT2D eigenvalue weighted by molar-refractivity contribution is 0.0505. The molecule has 0 aliphatic heterocycles. The highest BCUT2D eigenvalue weighted by Crippen LogP contribution is 2.18. The molecule has 0 fully saturated rings. The molecule has 1 N–H and O–H groups in total. The number of nitrogens with zero attached hydrogens (tertiary/aromatic N) is 2. The molecule has 0 atom stereocenters. The van der Waals surface area contributed by atoms with E-state index in [9.17, 15) is 4.79 Å². The number of esters is 1. The fourth-order valence-electron chi connectivity index (χ4n) is 2.20. The van der Waals surface area contributed by atoms with Crippen molar-refractivity contribution in [2.45, 2.75) is 19.9 Å². The van der Waals surface area contributed by atoms with Crippen LogP contribution < -0.4 is 5.32 Å². The van der Waals surface area contributed by atoms with Crippen molar-refractivity contribution < 1.29 is 13.9 Å². The lowest BCUT2D eigenvalue weighted by atomic mass is 10.2. The molecule has 0 saturated carbocycles. The zero-order valence-corrected chi connectivity index (χ0v) is 13.9. The minimum atomic E-state index is -0.308. The minimum absolute atomic E-state index is 0.308. The zero-order valence-electron chi connectivity index (χ0n) is 13.9. The Hall–Kier alpha value is -3.15. The highest BCUT2D eigenvalue weighted by atomic mass is 16.5. The van der Waals surface area contributed by atoms with Crippen LogP contribution in [0.2, 0.25) is 0 Å². The summed E-state index contributed by atoms with van der Waals surface area (Å²) in [5.41, 5.74) is 2.27. The summed E-state index contributed by atoms with van der Waals surface area (Å²) in [5, 5.41) is 11.3. The molecule has 6 heteroatoms. The van der Waals surface area contributed by atoms with E-state index in [0.717, 1.165) is 17.7 Å². The van der Waals surface area contributed by atoms with Crippen molar-refractivity contribution in [3.8, 4) is 11.5 Å². The van der Waals surface area contributed by atoms with Crippen molar-refractivity contribution in [1.29, 1.82) is 0 Å². The third-order valence-corrected chi connectivity index (χ3v) is 3.49. The lowest BCUT2D eigenvalue weighted by Crippen LogP contribution is -2.06. The Morgan fingerprint density at radius 3 is 2.56 bits per heavy atom. The van der Waals surface area contributed by atoms with Gasteiger partial charge in [0.15, 0.2) is 0 Å². The lowest BCUT2D eigenvalue weighted by Gasteiger charge is -2.06. The number of aromatic nitrogens is 2. The molecule has 0 unspecified atom stereocenters. The molecule has 0 spiro atoms. The molecule has 6 nitrogen and oxygen atoms in total. The minimum Gasteiger partial charge on any atom is -0.462 e. The van der Waals surface area contributed by atoms with E-state index in [1.165, 1.54) is 0 Å². The van der Waals surface area contributed by atoms with E-state index < -0.39 is 0 Å². The van der Waals surface area contributed by atoms with Crippen molar-refractivity contribution >= 4 is 11.7 Å². The molecule has 0 aliphatic carbocycles. The van der Waals surface area contributed by atoms with Crippen LogP contribution in [0.5, 0.6) is 0 Å². The summed E-state index contributed by atoms with van der Waals surface area (Å²) in [6.45, 7) is 2.79. The molecular formula is C19H19N3O3. The smallest absolute Gasteiger partial charge is 0.338 e. The second-order valence-corrected chi connectivity index (χ2v) is 5.43. The van der Waals surface area contributed by atoms with Gasteiger partial charge in [-0.2, -0.15) is 0 Å². The second kappa shape index (κ2) is 8.10. The summed E-state index contributed by atoms with van der Waals surface area (Å²) < 4.78 is 10.7. The average molecular weight is 337 g/mol. The van der Waals surface area contributed by atoms with Crippen LogP contribution in [0.3, 0.4) is 0 Å². The fraction of sp³-hybridized carbons (Fsp3) is 0.211. The van der Waals surface area contributed by atoms with Crippen LogP contribution in [-0.4, -0.2) is 22.8 Å². The van der Waals surface area contributed by atoms with Crippen LogP contribution in [-0.2, 0) is 11.3 Å². The van der Waals surface area contributed by atoms with Gasteiger partial charge in [0, 0.05) is 11.3 Å². The first-order valence-corrected chi connectivity index (χ1v) is 8.15. The maximum absolute atomic E-state index is 11.8. The van der Waals surface area contributed by atoms with Gasteiger partial charge in [0.25, 0.3) is 0 Å². The summed E-state index contributed by atoms with van der Waals surface area (Å²) in [4.78, 5) is 11.8. The van der Waals surface area contributed by atoms with E-state index in [4.69, 9.17) is 9.15 Å². The molecule has 0 saturated heterocycles. The number of hydrogen-bond acceptors (Lipinski definition) is 6. The molecule has 3 aromatic rings. The molecule has 1 heterocycles. The molecule has 0 aliphatic rings. The van der Waals surface area contributed by atoms with Crippen molar-refractivity contribution in [2.24, 2.45) is 0 Å². The van der Waals surface area contributed by atoms with Gasteiger partial charge >= 0.3 is 5.97 Å². The molecular weight excluding hydrogens is 318 g/mol.